The van der Waals surface area contributed by atoms with Crippen LogP contribution in [0.4, 0.5) is 0 Å². The molecule has 2 rings (SSSR count). The summed E-state index contributed by atoms with van der Waals surface area (Å²) in [5.74, 6) is 0.891. The van der Waals surface area contributed by atoms with Crippen LogP contribution in [0.2, 0.25) is 0 Å². The van der Waals surface area contributed by atoms with Crippen molar-refractivity contribution in [3.63, 3.8) is 0 Å². The second-order valence-corrected chi connectivity index (χ2v) is 3.44. The molecule has 5 nitrogen and oxygen atoms in total. The molecule has 1 atom stereocenters. The average Bonchev–Trinajstić information content (AvgIpc) is 2.71. The van der Waals surface area contributed by atoms with E-state index in [0.29, 0.717) is 6.54 Å². The van der Waals surface area contributed by atoms with E-state index in [1.165, 1.54) is 0 Å². The summed E-state index contributed by atoms with van der Waals surface area (Å²) in [6, 6.07) is 1.88. The standard InChI is InChI=1S/C9H15N3O2/c10-5-9-7-12(3-4-13-9)6-8-1-2-11-14-8/h1-2,9H,3-7,10H2. The molecule has 0 aliphatic carbocycles. The zero-order valence-corrected chi connectivity index (χ0v) is 8.06. The van der Waals surface area contributed by atoms with E-state index in [0.717, 1.165) is 32.0 Å². The summed E-state index contributed by atoms with van der Waals surface area (Å²) >= 11 is 0. The van der Waals surface area contributed by atoms with Gasteiger partial charge in [0.2, 0.25) is 0 Å². The zero-order valence-electron chi connectivity index (χ0n) is 8.06. The van der Waals surface area contributed by atoms with Crippen LogP contribution < -0.4 is 5.73 Å². The lowest BCUT2D eigenvalue weighted by molar-refractivity contribution is -0.0283. The molecule has 0 radical (unpaired) electrons. The third kappa shape index (κ3) is 2.31. The predicted molar refractivity (Wildman–Crippen MR) is 50.6 cm³/mol. The van der Waals surface area contributed by atoms with Gasteiger partial charge in [0, 0.05) is 25.7 Å². The number of morpholine rings is 1. The summed E-state index contributed by atoms with van der Waals surface area (Å²) < 4.78 is 10.5. The van der Waals surface area contributed by atoms with Crippen LogP contribution in [0.3, 0.4) is 0 Å². The number of rotatable bonds is 3. The number of hydrogen-bond acceptors (Lipinski definition) is 5. The highest BCUT2D eigenvalue weighted by Crippen LogP contribution is 2.08. The molecule has 78 valence electrons. The van der Waals surface area contributed by atoms with Gasteiger partial charge in [-0.15, -0.1) is 0 Å². The van der Waals surface area contributed by atoms with Gasteiger partial charge in [0.1, 0.15) is 0 Å². The van der Waals surface area contributed by atoms with Gasteiger partial charge in [0.05, 0.1) is 25.5 Å². The highest BCUT2D eigenvalue weighted by atomic mass is 16.5. The highest BCUT2D eigenvalue weighted by Gasteiger charge is 2.19. The molecule has 2 heterocycles. The number of aromatic nitrogens is 1. The van der Waals surface area contributed by atoms with Crippen molar-refractivity contribution in [3.05, 3.63) is 18.0 Å². The van der Waals surface area contributed by atoms with Crippen LogP contribution in [0.1, 0.15) is 5.76 Å². The van der Waals surface area contributed by atoms with E-state index < -0.39 is 0 Å². The Morgan fingerprint density at radius 3 is 3.29 bits per heavy atom. The van der Waals surface area contributed by atoms with Crippen molar-refractivity contribution in [2.45, 2.75) is 12.6 Å². The zero-order chi connectivity index (χ0) is 9.80. The molecule has 1 fully saturated rings. The maximum atomic E-state index is 5.55. The Balaban J connectivity index is 1.86. The normalized spacial score (nSPS) is 23.9. The summed E-state index contributed by atoms with van der Waals surface area (Å²) in [6.07, 6.45) is 1.82. The topological polar surface area (TPSA) is 64.5 Å². The van der Waals surface area contributed by atoms with Gasteiger partial charge in [0.15, 0.2) is 5.76 Å². The molecule has 14 heavy (non-hydrogen) atoms. The van der Waals surface area contributed by atoms with E-state index in [9.17, 15) is 0 Å². The minimum Gasteiger partial charge on any atom is -0.374 e. The molecule has 5 heteroatoms. The molecule has 0 amide bonds. The first kappa shape index (κ1) is 9.64. The number of ether oxygens (including phenoxy) is 1. The van der Waals surface area contributed by atoms with E-state index in [1.807, 2.05) is 6.07 Å². The summed E-state index contributed by atoms with van der Waals surface area (Å²) in [4.78, 5) is 2.27. The van der Waals surface area contributed by atoms with Gasteiger partial charge >= 0.3 is 0 Å². The Kier molecular flexibility index (Phi) is 3.13. The fourth-order valence-corrected chi connectivity index (χ4v) is 1.61. The predicted octanol–water partition coefficient (Wildman–Crippen LogP) is -0.166. The largest absolute Gasteiger partial charge is 0.374 e. The minimum absolute atomic E-state index is 0.159. The van der Waals surface area contributed by atoms with Crippen molar-refractivity contribution < 1.29 is 9.26 Å². The van der Waals surface area contributed by atoms with Crippen LogP contribution in [0, 0.1) is 0 Å². The molecule has 1 aliphatic rings. The van der Waals surface area contributed by atoms with Gasteiger partial charge in [-0.2, -0.15) is 0 Å². The van der Waals surface area contributed by atoms with Gasteiger partial charge in [-0.3, -0.25) is 4.90 Å². The minimum atomic E-state index is 0.159. The third-order valence-corrected chi connectivity index (χ3v) is 2.36. The lowest BCUT2D eigenvalue weighted by Gasteiger charge is -2.31. The van der Waals surface area contributed by atoms with E-state index in [4.69, 9.17) is 15.0 Å². The molecule has 2 N–H and O–H groups in total. The Bertz CT molecular complexity index is 263. The van der Waals surface area contributed by atoms with Crippen LogP contribution in [0.25, 0.3) is 0 Å². The molecule has 0 saturated carbocycles. The number of nitrogens with zero attached hydrogens (tertiary/aromatic N) is 2. The van der Waals surface area contributed by atoms with E-state index in [2.05, 4.69) is 10.1 Å². The van der Waals surface area contributed by atoms with Gasteiger partial charge in [-0.1, -0.05) is 5.16 Å². The number of hydrogen-bond donors (Lipinski definition) is 1. The SMILES string of the molecule is NCC1CN(Cc2ccno2)CCO1. The van der Waals surface area contributed by atoms with Crippen molar-refractivity contribution in [2.75, 3.05) is 26.2 Å². The van der Waals surface area contributed by atoms with Gasteiger partial charge in [0.25, 0.3) is 0 Å². The van der Waals surface area contributed by atoms with Crippen LogP contribution in [0.15, 0.2) is 16.8 Å². The molecule has 1 aliphatic heterocycles. The monoisotopic (exact) mass is 197 g/mol. The second-order valence-electron chi connectivity index (χ2n) is 3.44. The van der Waals surface area contributed by atoms with Crippen LogP contribution in [-0.2, 0) is 11.3 Å². The second kappa shape index (κ2) is 4.54. The lowest BCUT2D eigenvalue weighted by Crippen LogP contribution is -2.45. The molecular formula is C9H15N3O2. The van der Waals surface area contributed by atoms with Gasteiger partial charge in [-0.05, 0) is 0 Å². The van der Waals surface area contributed by atoms with Gasteiger partial charge < -0.3 is 15.0 Å². The Morgan fingerprint density at radius 2 is 2.57 bits per heavy atom. The van der Waals surface area contributed by atoms with Crippen molar-refractivity contribution in [3.8, 4) is 0 Å². The molecular weight excluding hydrogens is 182 g/mol. The average molecular weight is 197 g/mol. The molecule has 0 aromatic carbocycles. The molecule has 0 spiro atoms. The molecule has 1 unspecified atom stereocenters. The first-order valence-corrected chi connectivity index (χ1v) is 4.82. The Morgan fingerprint density at radius 1 is 1.64 bits per heavy atom. The van der Waals surface area contributed by atoms with Crippen LogP contribution >= 0.6 is 0 Å². The molecule has 1 saturated heterocycles. The number of nitrogens with two attached hydrogens (primary N) is 1. The molecule has 1 aromatic rings. The van der Waals surface area contributed by atoms with E-state index >= 15 is 0 Å². The summed E-state index contributed by atoms with van der Waals surface area (Å²) in [5.41, 5.74) is 5.55. The smallest absolute Gasteiger partial charge is 0.150 e. The first-order chi connectivity index (χ1) is 6.88. The third-order valence-electron chi connectivity index (χ3n) is 2.36. The summed E-state index contributed by atoms with van der Waals surface area (Å²) in [6.45, 7) is 3.91. The quantitative estimate of drug-likeness (QED) is 0.729. The van der Waals surface area contributed by atoms with Crippen molar-refractivity contribution >= 4 is 0 Å². The van der Waals surface area contributed by atoms with Gasteiger partial charge in [-0.25, -0.2) is 0 Å². The maximum Gasteiger partial charge on any atom is 0.150 e. The maximum absolute atomic E-state index is 5.55. The van der Waals surface area contributed by atoms with E-state index in [1.54, 1.807) is 6.20 Å². The summed E-state index contributed by atoms with van der Waals surface area (Å²) in [7, 11) is 0. The Hall–Kier alpha value is -0.910. The lowest BCUT2D eigenvalue weighted by atomic mass is 10.2. The van der Waals surface area contributed by atoms with Crippen LogP contribution in [-0.4, -0.2) is 42.4 Å². The fraction of sp³-hybridized carbons (Fsp3) is 0.667. The molecule has 0 bridgehead atoms. The molecule has 1 aromatic heterocycles. The fourth-order valence-electron chi connectivity index (χ4n) is 1.61. The summed E-state index contributed by atoms with van der Waals surface area (Å²) in [5, 5.41) is 3.67. The van der Waals surface area contributed by atoms with E-state index in [-0.39, 0.29) is 6.10 Å². The highest BCUT2D eigenvalue weighted by molar-refractivity contribution is 4.93. The van der Waals surface area contributed by atoms with Crippen molar-refractivity contribution in [1.82, 2.24) is 10.1 Å². The van der Waals surface area contributed by atoms with Crippen LogP contribution in [0.5, 0.6) is 0 Å². The first-order valence-electron chi connectivity index (χ1n) is 4.82. The Labute approximate surface area is 82.8 Å². The van der Waals surface area contributed by atoms with Crippen molar-refractivity contribution in [1.29, 1.82) is 0 Å². The van der Waals surface area contributed by atoms with Crippen molar-refractivity contribution in [2.24, 2.45) is 5.73 Å².